The van der Waals surface area contributed by atoms with Gasteiger partial charge in [0.15, 0.2) is 0 Å². The lowest BCUT2D eigenvalue weighted by atomic mass is 9.71. The molecule has 0 aromatic heterocycles. The van der Waals surface area contributed by atoms with E-state index in [1.165, 1.54) is 0 Å². The quantitative estimate of drug-likeness (QED) is 0.110. The maximum Gasteiger partial charge on any atom is 0.227 e. The van der Waals surface area contributed by atoms with Crippen molar-refractivity contribution in [1.82, 2.24) is 0 Å². The number of rotatable bonds is 13. The minimum Gasteiger partial charge on any atom is -0.243 e. The summed E-state index contributed by atoms with van der Waals surface area (Å²) in [5.74, 6) is 0. The van der Waals surface area contributed by atoms with E-state index in [-0.39, 0.29) is 0 Å². The van der Waals surface area contributed by atoms with Gasteiger partial charge in [-0.1, -0.05) is 303 Å². The molecule has 0 aliphatic carbocycles. The van der Waals surface area contributed by atoms with E-state index in [1.807, 2.05) is 0 Å². The van der Waals surface area contributed by atoms with Crippen LogP contribution in [-0.4, -0.2) is 22.8 Å². The summed E-state index contributed by atoms with van der Waals surface area (Å²) in [6, 6.07) is 116. The van der Waals surface area contributed by atoms with Gasteiger partial charge in [-0.25, -0.2) is 20.0 Å². The number of aliphatic imine (C=N–C) groups is 4. The third kappa shape index (κ3) is 8.93. The molecule has 0 N–H and O–H groups in total. The monoisotopic (exact) mass is 1050 g/mol. The van der Waals surface area contributed by atoms with Gasteiger partial charge in [0.25, 0.3) is 0 Å². The molecule has 2 aliphatic heterocycles. The second-order valence-corrected chi connectivity index (χ2v) is 20.7. The molecule has 0 spiro atoms. The zero-order valence-corrected chi connectivity index (χ0v) is 45.0. The van der Waals surface area contributed by atoms with Crippen molar-refractivity contribution >= 4 is 22.8 Å². The van der Waals surface area contributed by atoms with Crippen molar-refractivity contribution < 1.29 is 0 Å². The Morgan fingerprint density at radius 2 is 0.317 bits per heavy atom. The fraction of sp³-hybridized carbons (Fsp3) is 0.0256. The Morgan fingerprint density at radius 3 is 0.500 bits per heavy atom. The molecule has 4 heteroatoms. The lowest BCUT2D eigenvalue weighted by Gasteiger charge is -2.42. The van der Waals surface area contributed by atoms with Gasteiger partial charge in [0.05, 0.1) is 22.8 Å². The Hall–Kier alpha value is -10.7. The molecule has 14 rings (SSSR count). The molecule has 12 aromatic carbocycles. The molecule has 0 atom stereocenters. The van der Waals surface area contributed by atoms with Crippen LogP contribution in [0.25, 0.3) is 66.8 Å². The predicted octanol–water partition coefficient (Wildman–Crippen LogP) is 18.7. The van der Waals surface area contributed by atoms with Gasteiger partial charge in [-0.05, 0) is 91.0 Å². The van der Waals surface area contributed by atoms with Gasteiger partial charge in [-0.15, -0.1) is 0 Å². The fourth-order valence-electron chi connectivity index (χ4n) is 12.0. The number of benzene rings is 12. The van der Waals surface area contributed by atoms with Gasteiger partial charge in [0.2, 0.25) is 11.3 Å². The molecule has 2 heterocycles. The van der Waals surface area contributed by atoms with E-state index in [4.69, 9.17) is 20.0 Å². The van der Waals surface area contributed by atoms with Crippen LogP contribution in [0.15, 0.2) is 348 Å². The predicted molar refractivity (Wildman–Crippen MR) is 341 cm³/mol. The highest BCUT2D eigenvalue weighted by molar-refractivity contribution is 6.56. The highest BCUT2D eigenvalue weighted by atomic mass is 15.3. The Morgan fingerprint density at radius 1 is 0.159 bits per heavy atom. The summed E-state index contributed by atoms with van der Waals surface area (Å²) in [6.45, 7) is 0. The normalized spacial score (nSPS) is 14.1. The van der Waals surface area contributed by atoms with Crippen LogP contribution in [0.4, 0.5) is 0 Å². The zero-order chi connectivity index (χ0) is 54.7. The maximum atomic E-state index is 6.53. The fourth-order valence-corrected chi connectivity index (χ4v) is 12.0. The topological polar surface area (TPSA) is 49.4 Å². The molecule has 4 nitrogen and oxygen atoms in total. The molecule has 0 saturated heterocycles. The number of hydrogen-bond acceptors (Lipinski definition) is 4. The van der Waals surface area contributed by atoms with Crippen molar-refractivity contribution in [1.29, 1.82) is 0 Å². The molecule has 82 heavy (non-hydrogen) atoms. The van der Waals surface area contributed by atoms with E-state index in [9.17, 15) is 0 Å². The Kier molecular flexibility index (Phi) is 13.0. The van der Waals surface area contributed by atoms with Gasteiger partial charge in [0.1, 0.15) is 0 Å². The average Bonchev–Trinajstić information content (AvgIpc) is 1.91. The van der Waals surface area contributed by atoms with E-state index < -0.39 is 11.3 Å². The summed E-state index contributed by atoms with van der Waals surface area (Å²) in [6.07, 6.45) is 0. The smallest absolute Gasteiger partial charge is 0.227 e. The summed E-state index contributed by atoms with van der Waals surface area (Å²) < 4.78 is 0. The van der Waals surface area contributed by atoms with Gasteiger partial charge in [-0.2, -0.15) is 0 Å². The molecular weight excluding hydrogens is 993 g/mol. The summed E-state index contributed by atoms with van der Waals surface area (Å²) in [5.41, 5.74) is 17.0. The van der Waals surface area contributed by atoms with E-state index in [0.717, 1.165) is 123 Å². The van der Waals surface area contributed by atoms with Crippen molar-refractivity contribution in [3.63, 3.8) is 0 Å². The van der Waals surface area contributed by atoms with Gasteiger partial charge < -0.3 is 0 Å². The van der Waals surface area contributed by atoms with E-state index in [1.54, 1.807) is 0 Å². The summed E-state index contributed by atoms with van der Waals surface area (Å²) in [5, 5.41) is 0. The third-order valence-electron chi connectivity index (χ3n) is 15.7. The summed E-state index contributed by atoms with van der Waals surface area (Å²) in [4.78, 5) is 26.1. The van der Waals surface area contributed by atoms with E-state index >= 15 is 0 Å². The van der Waals surface area contributed by atoms with Gasteiger partial charge >= 0.3 is 0 Å². The van der Waals surface area contributed by atoms with Crippen LogP contribution < -0.4 is 0 Å². The highest BCUT2D eigenvalue weighted by Gasteiger charge is 2.63. The minimum absolute atomic E-state index is 0.736. The van der Waals surface area contributed by atoms with Crippen LogP contribution >= 0.6 is 0 Å². The molecule has 0 saturated carbocycles. The molecule has 0 radical (unpaired) electrons. The second kappa shape index (κ2) is 21.5. The molecular formula is C78H54N4. The number of hydrogen-bond donors (Lipinski definition) is 0. The van der Waals surface area contributed by atoms with Crippen molar-refractivity contribution in [2.45, 2.75) is 11.3 Å². The first-order chi connectivity index (χ1) is 40.6. The van der Waals surface area contributed by atoms with Crippen molar-refractivity contribution in [2.24, 2.45) is 20.0 Å². The van der Waals surface area contributed by atoms with Crippen LogP contribution in [0.5, 0.6) is 0 Å². The summed E-state index contributed by atoms with van der Waals surface area (Å²) >= 11 is 0. The second-order valence-electron chi connectivity index (χ2n) is 20.7. The minimum atomic E-state index is -1.74. The van der Waals surface area contributed by atoms with Crippen LogP contribution in [0.1, 0.15) is 33.4 Å². The first-order valence-corrected chi connectivity index (χ1v) is 28.0. The lowest BCUT2D eigenvalue weighted by molar-refractivity contribution is 0.260. The third-order valence-corrected chi connectivity index (χ3v) is 15.7. The van der Waals surface area contributed by atoms with Crippen molar-refractivity contribution in [2.75, 3.05) is 0 Å². The van der Waals surface area contributed by atoms with Crippen molar-refractivity contribution in [3.8, 4) is 66.8 Å². The van der Waals surface area contributed by atoms with Crippen molar-refractivity contribution in [3.05, 3.63) is 361 Å². The molecule has 0 amide bonds. The summed E-state index contributed by atoms with van der Waals surface area (Å²) in [7, 11) is 0. The first-order valence-electron chi connectivity index (χ1n) is 28.0. The zero-order valence-electron chi connectivity index (χ0n) is 45.0. The molecule has 0 fully saturated rings. The first kappa shape index (κ1) is 49.6. The lowest BCUT2D eigenvalue weighted by Crippen LogP contribution is -2.44. The Balaban J connectivity index is 1.28. The van der Waals surface area contributed by atoms with Crippen LogP contribution in [0.2, 0.25) is 0 Å². The average molecular weight is 1050 g/mol. The molecule has 12 aromatic rings. The molecule has 0 bridgehead atoms. The standard InChI is InChI=1S/C78H54N4/c1-11-31-55(32-12-1)65-51-67(57-35-15-3-16-36-57)71(68(52-65)58-37-17-4-18-38-58)77(79-73(61-43-23-7-24-44-61)74(80-77)62-45-25-8-26-46-62)78(81-75(63-47-27-9-28-48-63)76(82-78)64-49-29-10-30-50-64)72-69(59-39-19-5-20-40-59)53-66(56-33-13-2-14-34-56)54-70(72)60-41-21-6-22-42-60/h1-54H. The van der Waals surface area contributed by atoms with Crippen LogP contribution in [0.3, 0.4) is 0 Å². The highest BCUT2D eigenvalue weighted by Crippen LogP contribution is 2.62. The number of nitrogens with zero attached hydrogens (tertiary/aromatic N) is 4. The SMILES string of the molecule is c1ccc(C2=NC(c3c(-c4ccccc4)cc(-c4ccccc4)cc3-c3ccccc3)(C3(c4c(-c5ccccc5)cc(-c5ccccc5)cc4-c4ccccc4)N=C(c4ccccc4)C(c4ccccc4)=N3)N=C2c2ccccc2)cc1. The Labute approximate surface area is 479 Å². The van der Waals surface area contributed by atoms with E-state index in [0.29, 0.717) is 0 Å². The maximum absolute atomic E-state index is 6.53. The van der Waals surface area contributed by atoms with Crippen LogP contribution in [-0.2, 0) is 11.3 Å². The molecule has 386 valence electrons. The largest absolute Gasteiger partial charge is 0.243 e. The van der Waals surface area contributed by atoms with E-state index in [2.05, 4.69) is 328 Å². The molecule has 0 unspecified atom stereocenters. The van der Waals surface area contributed by atoms with Crippen LogP contribution in [0, 0.1) is 0 Å². The van der Waals surface area contributed by atoms with Gasteiger partial charge in [0, 0.05) is 33.4 Å². The Bertz CT molecular complexity index is 3840. The molecule has 2 aliphatic rings. The van der Waals surface area contributed by atoms with Gasteiger partial charge in [-0.3, -0.25) is 0 Å².